The molecule has 0 bridgehead atoms. The van der Waals surface area contributed by atoms with E-state index in [1.165, 1.54) is 109 Å². The monoisotopic (exact) mass is 816 g/mol. The molecule has 58 heavy (non-hydrogen) atoms. The van der Waals surface area contributed by atoms with Gasteiger partial charge in [0, 0.05) is 19.3 Å². The summed E-state index contributed by atoms with van der Waals surface area (Å²) in [5.74, 6) is -1.79. The van der Waals surface area contributed by atoms with Crippen LogP contribution in [0.4, 0.5) is 0 Å². The third-order valence-corrected chi connectivity index (χ3v) is 10.4. The summed E-state index contributed by atoms with van der Waals surface area (Å²) in [6.07, 6.45) is 48.7. The Bertz CT molecular complexity index is 1090. The maximum Gasteiger partial charge on any atom is 0.306 e. The Kier molecular flexibility index (Phi) is 39.1. The molecular formula is C50H89NO7. The van der Waals surface area contributed by atoms with E-state index in [2.05, 4.69) is 62.5 Å². The number of carbonyl (C=O) groups is 3. The molecular weight excluding hydrogens is 727 g/mol. The number of carbonyl (C=O) groups excluding carboxylic acids is 3. The van der Waals surface area contributed by atoms with Crippen LogP contribution in [-0.4, -0.2) is 75.5 Å². The van der Waals surface area contributed by atoms with Gasteiger partial charge in [0.05, 0.1) is 40.3 Å². The Hall–Kier alpha value is -2.71. The highest BCUT2D eigenvalue weighted by Crippen LogP contribution is 2.14. The van der Waals surface area contributed by atoms with Crippen LogP contribution in [0.1, 0.15) is 200 Å². The van der Waals surface area contributed by atoms with Crippen LogP contribution in [0.5, 0.6) is 0 Å². The molecule has 0 aromatic heterocycles. The van der Waals surface area contributed by atoms with Gasteiger partial charge in [-0.2, -0.15) is 0 Å². The van der Waals surface area contributed by atoms with Gasteiger partial charge in [-0.3, -0.25) is 9.59 Å². The van der Waals surface area contributed by atoms with E-state index in [9.17, 15) is 19.5 Å². The Morgan fingerprint density at radius 3 is 1.48 bits per heavy atom. The number of quaternary nitrogens is 1. The quantitative estimate of drug-likeness (QED) is 0.0262. The van der Waals surface area contributed by atoms with Gasteiger partial charge in [0.1, 0.15) is 12.6 Å². The number of carboxylic acid groups (broad SMARTS) is 1. The maximum atomic E-state index is 12.7. The molecule has 0 aliphatic rings. The summed E-state index contributed by atoms with van der Waals surface area (Å²) in [6.45, 7) is 4.51. The highest BCUT2D eigenvalue weighted by atomic mass is 16.6. The van der Waals surface area contributed by atoms with E-state index in [1.54, 1.807) is 21.1 Å². The van der Waals surface area contributed by atoms with Crippen LogP contribution in [0, 0.1) is 0 Å². The second-order valence-corrected chi connectivity index (χ2v) is 17.0. The highest BCUT2D eigenvalue weighted by molar-refractivity contribution is 5.70. The fourth-order valence-corrected chi connectivity index (χ4v) is 6.79. The van der Waals surface area contributed by atoms with Crippen LogP contribution < -0.4 is 5.11 Å². The highest BCUT2D eigenvalue weighted by Gasteiger charge is 2.25. The van der Waals surface area contributed by atoms with Crippen LogP contribution in [0.2, 0.25) is 0 Å². The van der Waals surface area contributed by atoms with Crippen LogP contribution in [0.25, 0.3) is 0 Å². The molecule has 0 fully saturated rings. The van der Waals surface area contributed by atoms with Crippen LogP contribution >= 0.6 is 0 Å². The van der Waals surface area contributed by atoms with E-state index in [4.69, 9.17) is 14.2 Å². The van der Waals surface area contributed by atoms with E-state index in [1.807, 2.05) is 0 Å². The van der Waals surface area contributed by atoms with E-state index < -0.39 is 18.1 Å². The number of nitrogens with zero attached hydrogens (tertiary/aromatic N) is 1. The van der Waals surface area contributed by atoms with E-state index in [0.29, 0.717) is 12.8 Å². The van der Waals surface area contributed by atoms with E-state index >= 15 is 0 Å². The second-order valence-electron chi connectivity index (χ2n) is 17.0. The topological polar surface area (TPSA) is 102 Å². The first-order chi connectivity index (χ1) is 28.1. The summed E-state index contributed by atoms with van der Waals surface area (Å²) in [5, 5.41) is 11.6. The zero-order valence-corrected chi connectivity index (χ0v) is 38.2. The standard InChI is InChI=1S/C50H89NO7/c1-6-8-10-12-14-16-18-20-21-22-23-24-25-26-27-28-29-31-32-34-36-38-40-48(52)57-45-46(44-56-43-42-47(50(54)55)51(3,4)5)58-49(53)41-39-37-35-33-30-19-17-15-13-11-9-7-2/h9,11,15,17,25-26,30,33,46-47H,6-8,10,12-14,16,18-24,27-29,31-32,34-45H2,1-5H3/b11-9+,17-15+,26-25+,33-30+. The van der Waals surface area contributed by atoms with Gasteiger partial charge in [-0.05, 0) is 70.6 Å². The minimum Gasteiger partial charge on any atom is -0.544 e. The van der Waals surface area contributed by atoms with Gasteiger partial charge in [-0.1, -0.05) is 159 Å². The summed E-state index contributed by atoms with van der Waals surface area (Å²) in [6, 6.07) is -0.734. The molecule has 0 saturated carbocycles. The lowest BCUT2D eigenvalue weighted by Gasteiger charge is -2.34. The first-order valence-corrected chi connectivity index (χ1v) is 23.7. The number of unbranched alkanes of at least 4 members (excludes halogenated alkanes) is 20. The fourth-order valence-electron chi connectivity index (χ4n) is 6.79. The summed E-state index contributed by atoms with van der Waals surface area (Å²) < 4.78 is 17.1. The molecule has 8 heteroatoms. The second kappa shape index (κ2) is 41.0. The summed E-state index contributed by atoms with van der Waals surface area (Å²) >= 11 is 0. The maximum absolute atomic E-state index is 12.7. The van der Waals surface area contributed by atoms with Crippen molar-refractivity contribution in [2.24, 2.45) is 0 Å². The largest absolute Gasteiger partial charge is 0.544 e. The molecule has 0 saturated heterocycles. The van der Waals surface area contributed by atoms with Crippen LogP contribution in [-0.2, 0) is 28.6 Å². The van der Waals surface area contributed by atoms with Crippen molar-refractivity contribution < 1.29 is 38.2 Å². The van der Waals surface area contributed by atoms with Crippen molar-refractivity contribution >= 4 is 17.9 Å². The zero-order chi connectivity index (χ0) is 42.8. The van der Waals surface area contributed by atoms with Crippen molar-refractivity contribution in [2.75, 3.05) is 41.0 Å². The Morgan fingerprint density at radius 2 is 0.966 bits per heavy atom. The normalized spacial score (nSPS) is 13.3. The molecule has 0 aromatic carbocycles. The average molecular weight is 816 g/mol. The fraction of sp³-hybridized carbons (Fsp3) is 0.780. The van der Waals surface area contributed by atoms with Gasteiger partial charge in [-0.25, -0.2) is 0 Å². The van der Waals surface area contributed by atoms with Crippen molar-refractivity contribution in [1.82, 2.24) is 0 Å². The molecule has 0 aromatic rings. The minimum atomic E-state index is -1.13. The van der Waals surface area contributed by atoms with Gasteiger partial charge in [0.25, 0.3) is 0 Å². The van der Waals surface area contributed by atoms with Crippen molar-refractivity contribution in [1.29, 1.82) is 0 Å². The number of hydrogen-bond acceptors (Lipinski definition) is 7. The van der Waals surface area contributed by atoms with Crippen molar-refractivity contribution in [3.05, 3.63) is 48.6 Å². The third-order valence-electron chi connectivity index (χ3n) is 10.4. The number of rotatable bonds is 42. The molecule has 0 N–H and O–H groups in total. The van der Waals surface area contributed by atoms with Crippen LogP contribution in [0.3, 0.4) is 0 Å². The summed E-state index contributed by atoms with van der Waals surface area (Å²) in [5.41, 5.74) is 0. The van der Waals surface area contributed by atoms with Crippen molar-refractivity contribution in [3.8, 4) is 0 Å². The predicted molar refractivity (Wildman–Crippen MR) is 240 cm³/mol. The predicted octanol–water partition coefficient (Wildman–Crippen LogP) is 11.9. The molecule has 336 valence electrons. The van der Waals surface area contributed by atoms with Crippen molar-refractivity contribution in [2.45, 2.75) is 212 Å². The number of esters is 2. The number of likely N-dealkylation sites (N-methyl/N-ethyl adjacent to an activating group) is 1. The van der Waals surface area contributed by atoms with Gasteiger partial charge >= 0.3 is 11.9 Å². The first-order valence-electron chi connectivity index (χ1n) is 23.7. The Morgan fingerprint density at radius 1 is 0.534 bits per heavy atom. The van der Waals surface area contributed by atoms with E-state index in [0.717, 1.165) is 51.4 Å². The number of ether oxygens (including phenoxy) is 3. The lowest BCUT2D eigenvalue weighted by atomic mass is 10.0. The molecule has 2 unspecified atom stereocenters. The molecule has 2 atom stereocenters. The molecule has 0 aliphatic carbocycles. The Labute approximate surface area is 356 Å². The third kappa shape index (κ3) is 38.8. The molecule has 0 radical (unpaired) electrons. The van der Waals surface area contributed by atoms with Gasteiger partial charge in [0.2, 0.25) is 0 Å². The number of allylic oxidation sites excluding steroid dienone is 8. The summed E-state index contributed by atoms with van der Waals surface area (Å²) in [7, 11) is 5.39. The van der Waals surface area contributed by atoms with Crippen LogP contribution in [0.15, 0.2) is 48.6 Å². The zero-order valence-electron chi connectivity index (χ0n) is 38.2. The average Bonchev–Trinajstić information content (AvgIpc) is 3.18. The van der Waals surface area contributed by atoms with Gasteiger partial charge in [0.15, 0.2) is 6.10 Å². The van der Waals surface area contributed by atoms with E-state index in [-0.39, 0.29) is 49.1 Å². The molecule has 0 rings (SSSR count). The van der Waals surface area contributed by atoms with Gasteiger partial charge < -0.3 is 28.6 Å². The lowest BCUT2D eigenvalue weighted by molar-refractivity contribution is -0.889. The van der Waals surface area contributed by atoms with Crippen molar-refractivity contribution in [3.63, 3.8) is 0 Å². The smallest absolute Gasteiger partial charge is 0.306 e. The number of hydrogen-bond donors (Lipinski definition) is 0. The number of aliphatic carboxylic acids is 1. The first kappa shape index (κ1) is 55.3. The Balaban J connectivity index is 4.24. The van der Waals surface area contributed by atoms with Gasteiger partial charge in [-0.15, -0.1) is 0 Å². The molecule has 0 aliphatic heterocycles. The summed E-state index contributed by atoms with van der Waals surface area (Å²) in [4.78, 5) is 36.8. The molecule has 0 heterocycles. The number of carboxylic acids is 1. The lowest BCUT2D eigenvalue weighted by Crippen LogP contribution is -2.55. The molecule has 8 nitrogen and oxygen atoms in total. The SMILES string of the molecule is CC/C=C/C/C=C/C/C=C/CCCCC(=O)OC(COCCC(C(=O)[O-])[N+](C)(C)C)COC(=O)CCCCCCCCC/C=C/CCCCCCCCCCCCC. The molecule has 0 spiro atoms. The molecule has 0 amide bonds. The minimum absolute atomic E-state index is 0.0234.